The number of anilines is 1. The average molecular weight is 291 g/mol. The van der Waals surface area contributed by atoms with E-state index in [0.717, 1.165) is 4.88 Å². The van der Waals surface area contributed by atoms with Crippen LogP contribution < -0.4 is 5.32 Å². The van der Waals surface area contributed by atoms with Crippen molar-refractivity contribution in [2.24, 2.45) is 0 Å². The van der Waals surface area contributed by atoms with Gasteiger partial charge >= 0.3 is 12.0 Å². The van der Waals surface area contributed by atoms with Crippen LogP contribution in [0.3, 0.4) is 0 Å². The number of aromatic carboxylic acids is 1. The zero-order valence-corrected chi connectivity index (χ0v) is 11.6. The van der Waals surface area contributed by atoms with E-state index in [1.807, 2.05) is 17.5 Å². The highest BCUT2D eigenvalue weighted by molar-refractivity contribution is 7.09. The van der Waals surface area contributed by atoms with Crippen molar-refractivity contribution in [1.82, 2.24) is 9.88 Å². The molecule has 0 saturated heterocycles. The Kier molecular flexibility index (Phi) is 4.31. The molecule has 2 N–H and O–H groups in total. The van der Waals surface area contributed by atoms with Crippen molar-refractivity contribution in [1.29, 1.82) is 0 Å². The van der Waals surface area contributed by atoms with Crippen molar-refractivity contribution < 1.29 is 14.7 Å². The largest absolute Gasteiger partial charge is 0.477 e. The summed E-state index contributed by atoms with van der Waals surface area (Å²) < 4.78 is 0. The quantitative estimate of drug-likeness (QED) is 0.906. The fourth-order valence-corrected chi connectivity index (χ4v) is 2.28. The van der Waals surface area contributed by atoms with Gasteiger partial charge in [0.1, 0.15) is 5.69 Å². The number of rotatable bonds is 4. The molecule has 2 amide bonds. The number of hydrogen-bond donors (Lipinski definition) is 2. The normalized spacial score (nSPS) is 10.1. The van der Waals surface area contributed by atoms with Gasteiger partial charge in [0, 0.05) is 11.9 Å². The maximum atomic E-state index is 11.9. The van der Waals surface area contributed by atoms with Gasteiger partial charge in [-0.05, 0) is 23.6 Å². The van der Waals surface area contributed by atoms with Crippen molar-refractivity contribution in [2.75, 3.05) is 12.4 Å². The van der Waals surface area contributed by atoms with Gasteiger partial charge in [-0.2, -0.15) is 0 Å². The molecule has 2 rings (SSSR count). The van der Waals surface area contributed by atoms with Crippen LogP contribution in [-0.4, -0.2) is 34.0 Å². The third-order valence-electron chi connectivity index (χ3n) is 2.55. The number of aromatic nitrogens is 1. The first-order valence-electron chi connectivity index (χ1n) is 5.80. The first kappa shape index (κ1) is 14.0. The molecule has 0 aliphatic rings. The first-order chi connectivity index (χ1) is 9.56. The molecular formula is C13H13N3O3S. The van der Waals surface area contributed by atoms with Crippen molar-refractivity contribution in [3.05, 3.63) is 46.4 Å². The van der Waals surface area contributed by atoms with Crippen LogP contribution >= 0.6 is 11.3 Å². The number of carbonyl (C=O) groups is 2. The van der Waals surface area contributed by atoms with Crippen molar-refractivity contribution >= 4 is 29.0 Å². The van der Waals surface area contributed by atoms with E-state index >= 15 is 0 Å². The van der Waals surface area contributed by atoms with E-state index in [-0.39, 0.29) is 11.7 Å². The molecule has 0 atom stereocenters. The molecule has 0 fully saturated rings. The van der Waals surface area contributed by atoms with E-state index in [0.29, 0.717) is 12.2 Å². The number of urea groups is 1. The lowest BCUT2D eigenvalue weighted by Gasteiger charge is -2.17. The number of nitrogens with one attached hydrogen (secondary N) is 1. The summed E-state index contributed by atoms with van der Waals surface area (Å²) in [6.07, 6.45) is 1.32. The highest BCUT2D eigenvalue weighted by Gasteiger charge is 2.11. The number of pyridine rings is 1. The minimum Gasteiger partial charge on any atom is -0.477 e. The molecule has 2 heterocycles. The zero-order valence-electron chi connectivity index (χ0n) is 10.7. The Morgan fingerprint density at radius 1 is 1.40 bits per heavy atom. The van der Waals surface area contributed by atoms with Gasteiger partial charge in [0.15, 0.2) is 0 Å². The summed E-state index contributed by atoms with van der Waals surface area (Å²) in [5, 5.41) is 13.3. The highest BCUT2D eigenvalue weighted by atomic mass is 32.1. The molecule has 2 aromatic rings. The summed E-state index contributed by atoms with van der Waals surface area (Å²) in [5.74, 6) is -1.10. The fraction of sp³-hybridized carbons (Fsp3) is 0.154. The second-order valence-corrected chi connectivity index (χ2v) is 5.14. The fourth-order valence-electron chi connectivity index (χ4n) is 1.52. The van der Waals surface area contributed by atoms with Crippen molar-refractivity contribution in [3.63, 3.8) is 0 Å². The molecule has 7 heteroatoms. The number of amides is 2. The van der Waals surface area contributed by atoms with E-state index in [4.69, 9.17) is 5.11 Å². The summed E-state index contributed by atoms with van der Waals surface area (Å²) in [5.41, 5.74) is 0.396. The van der Waals surface area contributed by atoms with Gasteiger partial charge in [-0.1, -0.05) is 6.07 Å². The van der Waals surface area contributed by atoms with Crippen LogP contribution in [0.15, 0.2) is 35.8 Å². The molecule has 2 aromatic heterocycles. The van der Waals surface area contributed by atoms with Crippen LogP contribution in [0.4, 0.5) is 10.5 Å². The molecule has 6 nitrogen and oxygen atoms in total. The molecule has 0 radical (unpaired) electrons. The van der Waals surface area contributed by atoms with Gasteiger partial charge in [-0.15, -0.1) is 11.3 Å². The summed E-state index contributed by atoms with van der Waals surface area (Å²) in [7, 11) is 1.69. The van der Waals surface area contributed by atoms with Crippen molar-refractivity contribution in [3.8, 4) is 0 Å². The van der Waals surface area contributed by atoms with E-state index in [1.54, 1.807) is 18.4 Å². The lowest BCUT2D eigenvalue weighted by Crippen LogP contribution is -2.30. The van der Waals surface area contributed by atoms with Crippen LogP contribution in [0.25, 0.3) is 0 Å². The molecule has 0 bridgehead atoms. The number of hydrogen-bond acceptors (Lipinski definition) is 4. The molecule has 0 spiro atoms. The maximum Gasteiger partial charge on any atom is 0.354 e. The molecule has 0 unspecified atom stereocenters. The first-order valence-corrected chi connectivity index (χ1v) is 6.68. The van der Waals surface area contributed by atoms with Crippen LogP contribution in [0.5, 0.6) is 0 Å². The summed E-state index contributed by atoms with van der Waals surface area (Å²) in [6, 6.07) is 6.46. The Morgan fingerprint density at radius 2 is 2.20 bits per heavy atom. The number of nitrogens with zero attached hydrogens (tertiary/aromatic N) is 2. The topological polar surface area (TPSA) is 82.5 Å². The minimum atomic E-state index is -1.10. The minimum absolute atomic E-state index is 0.0602. The highest BCUT2D eigenvalue weighted by Crippen LogP contribution is 2.12. The van der Waals surface area contributed by atoms with Crippen molar-refractivity contribution in [2.45, 2.75) is 6.54 Å². The number of thiophene rings is 1. The number of carboxylic acids is 1. The van der Waals surface area contributed by atoms with Gasteiger partial charge in [0.2, 0.25) is 0 Å². The monoisotopic (exact) mass is 291 g/mol. The Bertz CT molecular complexity index is 596. The van der Waals surface area contributed by atoms with Gasteiger partial charge in [-0.3, -0.25) is 0 Å². The molecule has 0 aromatic carbocycles. The van der Waals surface area contributed by atoms with E-state index in [2.05, 4.69) is 10.3 Å². The lowest BCUT2D eigenvalue weighted by atomic mass is 10.3. The van der Waals surface area contributed by atoms with E-state index < -0.39 is 5.97 Å². The second kappa shape index (κ2) is 6.16. The van der Waals surface area contributed by atoms with E-state index in [1.165, 1.54) is 23.2 Å². The third-order valence-corrected chi connectivity index (χ3v) is 3.41. The second-order valence-electron chi connectivity index (χ2n) is 4.10. The van der Waals surface area contributed by atoms with Gasteiger partial charge < -0.3 is 15.3 Å². The Labute approximate surface area is 119 Å². The zero-order chi connectivity index (χ0) is 14.5. The van der Waals surface area contributed by atoms with Gasteiger partial charge in [0.25, 0.3) is 0 Å². The summed E-state index contributed by atoms with van der Waals surface area (Å²) in [4.78, 5) is 29.0. The molecule has 20 heavy (non-hydrogen) atoms. The van der Waals surface area contributed by atoms with Crippen LogP contribution in [0, 0.1) is 0 Å². The van der Waals surface area contributed by atoms with Gasteiger partial charge in [-0.25, -0.2) is 14.6 Å². The molecule has 0 aliphatic carbocycles. The van der Waals surface area contributed by atoms with E-state index in [9.17, 15) is 9.59 Å². The lowest BCUT2D eigenvalue weighted by molar-refractivity contribution is 0.0690. The smallest absolute Gasteiger partial charge is 0.354 e. The Balaban J connectivity index is 1.95. The van der Waals surface area contributed by atoms with Crippen LogP contribution in [-0.2, 0) is 6.54 Å². The average Bonchev–Trinajstić information content (AvgIpc) is 2.92. The SMILES string of the molecule is CN(Cc1cccs1)C(=O)Nc1ccc(C(=O)O)nc1. The number of carboxylic acid groups (broad SMARTS) is 1. The predicted molar refractivity (Wildman–Crippen MR) is 76.0 cm³/mol. The molecule has 0 aliphatic heterocycles. The van der Waals surface area contributed by atoms with Gasteiger partial charge in [0.05, 0.1) is 18.4 Å². The maximum absolute atomic E-state index is 11.9. The molecular weight excluding hydrogens is 278 g/mol. The molecule has 104 valence electrons. The summed E-state index contributed by atoms with van der Waals surface area (Å²) in [6.45, 7) is 0.518. The van der Waals surface area contributed by atoms with Crippen LogP contribution in [0.2, 0.25) is 0 Å². The standard InChI is InChI=1S/C13H13N3O3S/c1-16(8-10-3-2-6-20-10)13(19)15-9-4-5-11(12(17)18)14-7-9/h2-7H,8H2,1H3,(H,15,19)(H,17,18). The Morgan fingerprint density at radius 3 is 2.75 bits per heavy atom. The summed E-state index contributed by atoms with van der Waals surface area (Å²) >= 11 is 1.58. The Hall–Kier alpha value is -2.41. The number of carbonyl (C=O) groups excluding carboxylic acids is 1. The van der Waals surface area contributed by atoms with Crippen LogP contribution in [0.1, 0.15) is 15.4 Å². The molecule has 0 saturated carbocycles. The third kappa shape index (κ3) is 3.55. The predicted octanol–water partition coefficient (Wildman–Crippen LogP) is 2.51.